The van der Waals surface area contributed by atoms with Crippen molar-refractivity contribution in [1.29, 1.82) is 0 Å². The third-order valence-electron chi connectivity index (χ3n) is 5.20. The van der Waals surface area contributed by atoms with Crippen LogP contribution in [0.15, 0.2) is 60.7 Å². The molecule has 2 heterocycles. The van der Waals surface area contributed by atoms with E-state index in [1.807, 2.05) is 30.3 Å². The van der Waals surface area contributed by atoms with Crippen molar-refractivity contribution in [2.75, 3.05) is 6.79 Å². The summed E-state index contributed by atoms with van der Waals surface area (Å²) in [6, 6.07) is 18.3. The summed E-state index contributed by atoms with van der Waals surface area (Å²) < 4.78 is 22.7. The predicted molar refractivity (Wildman–Crippen MR) is 116 cm³/mol. The van der Waals surface area contributed by atoms with E-state index in [0.29, 0.717) is 40.3 Å². The molecule has 0 amide bonds. The van der Waals surface area contributed by atoms with Crippen molar-refractivity contribution in [3.8, 4) is 11.5 Å². The molecule has 0 unspecified atom stereocenters. The molecule has 0 bridgehead atoms. The van der Waals surface area contributed by atoms with Gasteiger partial charge in [-0.1, -0.05) is 53.5 Å². The first-order chi connectivity index (χ1) is 15.1. The summed E-state index contributed by atoms with van der Waals surface area (Å²) in [6.45, 7) is 0.895. The lowest BCUT2D eigenvalue weighted by molar-refractivity contribution is -0.0172. The van der Waals surface area contributed by atoms with Crippen LogP contribution in [-0.4, -0.2) is 18.7 Å². The van der Waals surface area contributed by atoms with E-state index in [9.17, 15) is 4.79 Å². The Morgan fingerprint density at radius 2 is 1.87 bits per heavy atom. The number of Topliss-reactive ketones (excluding diaryl/α,β-unsaturated/α-hetero) is 1. The van der Waals surface area contributed by atoms with Crippen molar-refractivity contribution in [3.05, 3.63) is 93.0 Å². The Balaban J connectivity index is 1.38. The molecule has 2 atom stereocenters. The van der Waals surface area contributed by atoms with E-state index >= 15 is 0 Å². The van der Waals surface area contributed by atoms with Crippen LogP contribution in [0.2, 0.25) is 10.0 Å². The predicted octanol–water partition coefficient (Wildman–Crippen LogP) is 5.76. The fraction of sp³-hybridized carbons (Fsp3) is 0.208. The molecule has 5 rings (SSSR count). The first-order valence-electron chi connectivity index (χ1n) is 9.79. The van der Waals surface area contributed by atoms with Crippen LogP contribution < -0.4 is 9.47 Å². The van der Waals surface area contributed by atoms with Crippen LogP contribution in [0.25, 0.3) is 0 Å². The van der Waals surface area contributed by atoms with Gasteiger partial charge in [0.1, 0.15) is 24.2 Å². The molecule has 2 aliphatic heterocycles. The molecule has 3 aromatic carbocycles. The first kappa shape index (κ1) is 20.3. The average Bonchev–Trinajstić information content (AvgIpc) is 3.58. The second-order valence-electron chi connectivity index (χ2n) is 7.35. The Morgan fingerprint density at radius 1 is 1.03 bits per heavy atom. The van der Waals surface area contributed by atoms with Gasteiger partial charge in [0.05, 0.1) is 12.2 Å². The van der Waals surface area contributed by atoms with Gasteiger partial charge in [-0.2, -0.15) is 0 Å². The maximum Gasteiger partial charge on any atom is 0.198 e. The van der Waals surface area contributed by atoms with Crippen LogP contribution in [0.5, 0.6) is 11.5 Å². The molecule has 0 aliphatic carbocycles. The maximum absolute atomic E-state index is 13.3. The Hall–Kier alpha value is -2.57. The largest absolute Gasteiger partial charge is 0.488 e. The molecule has 0 saturated carbocycles. The first-order valence-corrected chi connectivity index (χ1v) is 10.5. The molecule has 0 radical (unpaired) electrons. The molecule has 1 fully saturated rings. The van der Waals surface area contributed by atoms with E-state index in [-0.39, 0.29) is 12.6 Å². The van der Waals surface area contributed by atoms with Crippen LogP contribution in [0, 0.1) is 0 Å². The van der Waals surface area contributed by atoms with Gasteiger partial charge in [0.15, 0.2) is 18.7 Å². The fourth-order valence-corrected chi connectivity index (χ4v) is 4.10. The van der Waals surface area contributed by atoms with Crippen molar-refractivity contribution in [2.24, 2.45) is 0 Å². The summed E-state index contributed by atoms with van der Waals surface area (Å²) in [5.41, 5.74) is 2.97. The minimum Gasteiger partial charge on any atom is -0.488 e. The number of hydrogen-bond donors (Lipinski definition) is 0. The van der Waals surface area contributed by atoms with Crippen molar-refractivity contribution in [2.45, 2.75) is 25.4 Å². The summed E-state index contributed by atoms with van der Waals surface area (Å²) in [4.78, 5) is 13.3. The Morgan fingerprint density at radius 3 is 2.71 bits per heavy atom. The fourth-order valence-electron chi connectivity index (χ4n) is 3.68. The van der Waals surface area contributed by atoms with Crippen molar-refractivity contribution in [3.63, 3.8) is 0 Å². The highest BCUT2D eigenvalue weighted by atomic mass is 35.5. The number of halogens is 2. The maximum atomic E-state index is 13.3. The summed E-state index contributed by atoms with van der Waals surface area (Å²) >= 11 is 12.4. The highest BCUT2D eigenvalue weighted by Gasteiger charge is 2.49. The third-order valence-corrected chi connectivity index (χ3v) is 5.66. The molecule has 0 aromatic heterocycles. The van der Waals surface area contributed by atoms with E-state index in [1.54, 1.807) is 30.3 Å². The number of carbonyl (C=O) groups excluding carboxylic acids is 1. The van der Waals surface area contributed by atoms with Gasteiger partial charge < -0.3 is 18.9 Å². The number of epoxide rings is 1. The lowest BCUT2D eigenvalue weighted by Gasteiger charge is -2.20. The molecule has 0 N–H and O–H groups in total. The zero-order valence-electron chi connectivity index (χ0n) is 16.3. The molecule has 0 spiro atoms. The number of benzene rings is 3. The minimum absolute atomic E-state index is 0.152. The topological polar surface area (TPSA) is 57.3 Å². The molecule has 1 saturated heterocycles. The van der Waals surface area contributed by atoms with Gasteiger partial charge in [0, 0.05) is 21.2 Å². The number of ketones is 1. The van der Waals surface area contributed by atoms with Gasteiger partial charge in [0.2, 0.25) is 0 Å². The average molecular weight is 457 g/mol. The molecular weight excluding hydrogens is 439 g/mol. The van der Waals surface area contributed by atoms with E-state index in [0.717, 1.165) is 16.7 Å². The highest BCUT2D eigenvalue weighted by molar-refractivity contribution is 6.31. The summed E-state index contributed by atoms with van der Waals surface area (Å²) in [5, 5.41) is 0.993. The molecule has 158 valence electrons. The number of ether oxygens (including phenoxy) is 4. The van der Waals surface area contributed by atoms with Crippen molar-refractivity contribution in [1.82, 2.24) is 0 Å². The SMILES string of the molecule is O=C(c1cc(Cl)ccc1OCc1ccccc1)[C@H]1O[C@@H]1c1cc(Cl)cc2c1OCOC2. The van der Waals surface area contributed by atoms with Crippen LogP contribution in [0.4, 0.5) is 0 Å². The summed E-state index contributed by atoms with van der Waals surface area (Å²) in [6.07, 6.45) is -1.11. The lowest BCUT2D eigenvalue weighted by atomic mass is 9.99. The smallest absolute Gasteiger partial charge is 0.198 e. The second kappa shape index (κ2) is 8.52. The molecule has 3 aromatic rings. The van der Waals surface area contributed by atoms with Crippen molar-refractivity contribution < 1.29 is 23.7 Å². The Bertz CT molecular complexity index is 1130. The third kappa shape index (κ3) is 4.27. The van der Waals surface area contributed by atoms with E-state index in [2.05, 4.69) is 0 Å². The van der Waals surface area contributed by atoms with Gasteiger partial charge >= 0.3 is 0 Å². The van der Waals surface area contributed by atoms with Gasteiger partial charge in [-0.3, -0.25) is 4.79 Å². The van der Waals surface area contributed by atoms with Crippen molar-refractivity contribution >= 4 is 29.0 Å². The van der Waals surface area contributed by atoms with E-state index in [1.165, 1.54) is 0 Å². The van der Waals surface area contributed by atoms with E-state index < -0.39 is 12.2 Å². The van der Waals surface area contributed by atoms with Crippen LogP contribution >= 0.6 is 23.2 Å². The molecule has 7 heteroatoms. The van der Waals surface area contributed by atoms with E-state index in [4.69, 9.17) is 42.1 Å². The zero-order chi connectivity index (χ0) is 21.4. The minimum atomic E-state index is -0.661. The number of fused-ring (bicyclic) bond motifs is 1. The monoisotopic (exact) mass is 456 g/mol. The summed E-state index contributed by atoms with van der Waals surface area (Å²) in [7, 11) is 0. The second-order valence-corrected chi connectivity index (χ2v) is 8.22. The molecule has 2 aliphatic rings. The molecule has 5 nitrogen and oxygen atoms in total. The summed E-state index contributed by atoms with van der Waals surface area (Å²) in [5.74, 6) is 0.934. The highest BCUT2D eigenvalue weighted by Crippen LogP contribution is 2.48. The number of carbonyl (C=O) groups is 1. The standard InChI is InChI=1S/C24H18Cl2O5/c25-16-6-7-20(29-11-14-4-2-1-3-5-14)18(9-16)21(27)24-23(31-24)19-10-17(26)8-15-12-28-13-30-22(15)19/h1-10,23-24H,11-13H2/t23-,24-/m1/s1. The van der Waals surface area contributed by atoms with Gasteiger partial charge in [0.25, 0.3) is 0 Å². The zero-order valence-corrected chi connectivity index (χ0v) is 17.9. The Labute approximate surface area is 189 Å². The van der Waals surface area contributed by atoms with Gasteiger partial charge in [-0.05, 0) is 35.9 Å². The van der Waals surface area contributed by atoms with Crippen LogP contribution in [0.1, 0.15) is 33.2 Å². The lowest BCUT2D eigenvalue weighted by Crippen LogP contribution is -2.14. The molecule has 31 heavy (non-hydrogen) atoms. The quantitative estimate of drug-likeness (QED) is 0.348. The van der Waals surface area contributed by atoms with Crippen LogP contribution in [0.3, 0.4) is 0 Å². The van der Waals surface area contributed by atoms with Gasteiger partial charge in [-0.25, -0.2) is 0 Å². The normalized spacial score (nSPS) is 19.3. The van der Waals surface area contributed by atoms with Gasteiger partial charge in [-0.15, -0.1) is 0 Å². The number of hydrogen-bond acceptors (Lipinski definition) is 5. The number of rotatable bonds is 6. The molecular formula is C24H18Cl2O5. The Kier molecular flexibility index (Phi) is 5.59. The van der Waals surface area contributed by atoms with Crippen LogP contribution in [-0.2, 0) is 22.7 Å².